The molecular weight excluding hydrogens is 236 g/mol. The average Bonchev–Trinajstić information content (AvgIpc) is 2.27. The minimum atomic E-state index is -0.501. The molecule has 0 spiro atoms. The number of carbonyl (C=O) groups excluding carboxylic acids is 2. The molecule has 0 saturated heterocycles. The fraction of sp³-hybridized carbons (Fsp3) is 0.833. The molecule has 2 amide bonds. The Morgan fingerprint density at radius 3 is 1.83 bits per heavy atom. The second-order valence-electron chi connectivity index (χ2n) is 5.21. The number of methoxy groups -OCH3 is 2. The maximum Gasteiger partial charge on any atom is 0.407 e. The molecule has 0 aliphatic carbocycles. The van der Waals surface area contributed by atoms with Crippen LogP contribution in [0.4, 0.5) is 9.59 Å². The van der Waals surface area contributed by atoms with E-state index >= 15 is 0 Å². The number of nitrogens with one attached hydrogen (secondary N) is 2. The Kier molecular flexibility index (Phi) is 5.94. The third-order valence-electron chi connectivity index (χ3n) is 2.83. The van der Waals surface area contributed by atoms with Gasteiger partial charge < -0.3 is 20.1 Å². The molecule has 6 heteroatoms. The fourth-order valence-electron chi connectivity index (χ4n) is 1.90. The van der Waals surface area contributed by atoms with Crippen LogP contribution < -0.4 is 10.6 Å². The Morgan fingerprint density at radius 2 is 1.44 bits per heavy atom. The number of amides is 2. The normalized spacial score (nSPS) is 14.3. The van der Waals surface area contributed by atoms with Crippen molar-refractivity contribution < 1.29 is 19.1 Å². The van der Waals surface area contributed by atoms with Gasteiger partial charge in [-0.2, -0.15) is 0 Å². The summed E-state index contributed by atoms with van der Waals surface area (Å²) >= 11 is 0. The summed E-state index contributed by atoms with van der Waals surface area (Å²) in [7, 11) is 2.64. The largest absolute Gasteiger partial charge is 0.453 e. The Labute approximate surface area is 108 Å². The first-order valence-corrected chi connectivity index (χ1v) is 5.90. The highest BCUT2D eigenvalue weighted by molar-refractivity contribution is 5.69. The van der Waals surface area contributed by atoms with Crippen LogP contribution in [0.5, 0.6) is 0 Å². The first-order valence-electron chi connectivity index (χ1n) is 5.90. The molecule has 1 unspecified atom stereocenters. The Bertz CT molecular complexity index is 304. The molecule has 6 nitrogen and oxygen atoms in total. The molecule has 0 fully saturated rings. The maximum absolute atomic E-state index is 11.3. The quantitative estimate of drug-likeness (QED) is 0.793. The second kappa shape index (κ2) is 6.47. The summed E-state index contributed by atoms with van der Waals surface area (Å²) < 4.78 is 9.18. The van der Waals surface area contributed by atoms with Crippen molar-refractivity contribution in [1.82, 2.24) is 10.6 Å². The van der Waals surface area contributed by atoms with E-state index in [1.165, 1.54) is 14.2 Å². The standard InChI is InChI=1S/C12H24N2O4/c1-7-12(4,14-10(16)18-6)8-11(2,3)13-9(15)17-5/h7-8H2,1-6H3,(H,13,15)(H,14,16). The molecule has 0 aliphatic heterocycles. The van der Waals surface area contributed by atoms with E-state index in [9.17, 15) is 9.59 Å². The van der Waals surface area contributed by atoms with Gasteiger partial charge in [-0.15, -0.1) is 0 Å². The van der Waals surface area contributed by atoms with Crippen LogP contribution >= 0.6 is 0 Å². The molecule has 0 aromatic rings. The number of carbonyl (C=O) groups is 2. The van der Waals surface area contributed by atoms with E-state index < -0.39 is 23.3 Å². The van der Waals surface area contributed by atoms with E-state index in [0.29, 0.717) is 12.8 Å². The van der Waals surface area contributed by atoms with Crippen molar-refractivity contribution in [2.75, 3.05) is 14.2 Å². The minimum absolute atomic E-state index is 0.461. The molecule has 0 radical (unpaired) electrons. The van der Waals surface area contributed by atoms with E-state index in [2.05, 4.69) is 20.1 Å². The minimum Gasteiger partial charge on any atom is -0.453 e. The Hall–Kier alpha value is -1.46. The molecule has 18 heavy (non-hydrogen) atoms. The van der Waals surface area contributed by atoms with Gasteiger partial charge in [0.25, 0.3) is 0 Å². The maximum atomic E-state index is 11.3. The van der Waals surface area contributed by atoms with Crippen molar-refractivity contribution in [1.29, 1.82) is 0 Å². The summed E-state index contributed by atoms with van der Waals surface area (Å²) in [6.07, 6.45) is 0.305. The summed E-state index contributed by atoms with van der Waals surface area (Å²) in [5.74, 6) is 0. The summed E-state index contributed by atoms with van der Waals surface area (Å²) in [5, 5.41) is 5.52. The number of hydrogen-bond donors (Lipinski definition) is 2. The molecular formula is C12H24N2O4. The predicted octanol–water partition coefficient (Wildman–Crippen LogP) is 2.04. The highest BCUT2D eigenvalue weighted by Gasteiger charge is 2.34. The van der Waals surface area contributed by atoms with Gasteiger partial charge in [0.2, 0.25) is 0 Å². The summed E-state index contributed by atoms with van der Waals surface area (Å²) in [4.78, 5) is 22.5. The SMILES string of the molecule is CCC(C)(CC(C)(C)NC(=O)OC)NC(=O)OC. The van der Waals surface area contributed by atoms with Crippen molar-refractivity contribution in [3.8, 4) is 0 Å². The third kappa shape index (κ3) is 5.75. The lowest BCUT2D eigenvalue weighted by atomic mass is 9.84. The molecule has 2 N–H and O–H groups in total. The smallest absolute Gasteiger partial charge is 0.407 e. The average molecular weight is 260 g/mol. The predicted molar refractivity (Wildman–Crippen MR) is 68.5 cm³/mol. The van der Waals surface area contributed by atoms with Crippen LogP contribution in [-0.2, 0) is 9.47 Å². The first-order chi connectivity index (χ1) is 8.18. The van der Waals surface area contributed by atoms with Crippen LogP contribution in [0.1, 0.15) is 40.5 Å². The van der Waals surface area contributed by atoms with Gasteiger partial charge in [-0.3, -0.25) is 0 Å². The van der Waals surface area contributed by atoms with E-state index in [1.807, 2.05) is 27.7 Å². The zero-order chi connectivity index (χ0) is 14.4. The van der Waals surface area contributed by atoms with Crippen LogP contribution in [0, 0.1) is 0 Å². The van der Waals surface area contributed by atoms with Gasteiger partial charge in [0.15, 0.2) is 0 Å². The van der Waals surface area contributed by atoms with Crippen LogP contribution in [0.2, 0.25) is 0 Å². The monoisotopic (exact) mass is 260 g/mol. The van der Waals surface area contributed by atoms with E-state index in [0.717, 1.165) is 0 Å². The van der Waals surface area contributed by atoms with Gasteiger partial charge in [0, 0.05) is 11.1 Å². The number of alkyl carbamates (subject to hydrolysis) is 2. The van der Waals surface area contributed by atoms with E-state index in [1.54, 1.807) is 0 Å². The Balaban J connectivity index is 4.67. The lowest BCUT2D eigenvalue weighted by Crippen LogP contribution is -2.54. The summed E-state index contributed by atoms with van der Waals surface area (Å²) in [5.41, 5.74) is -0.962. The molecule has 0 saturated carbocycles. The van der Waals surface area contributed by atoms with Gasteiger partial charge >= 0.3 is 12.2 Å². The van der Waals surface area contributed by atoms with Gasteiger partial charge in [-0.05, 0) is 33.6 Å². The van der Waals surface area contributed by atoms with Gasteiger partial charge in [-0.25, -0.2) is 9.59 Å². The number of ether oxygens (including phenoxy) is 2. The molecule has 0 rings (SSSR count). The number of hydrogen-bond acceptors (Lipinski definition) is 4. The third-order valence-corrected chi connectivity index (χ3v) is 2.83. The lowest BCUT2D eigenvalue weighted by Gasteiger charge is -2.37. The molecule has 0 heterocycles. The van der Waals surface area contributed by atoms with Crippen molar-refractivity contribution in [3.63, 3.8) is 0 Å². The van der Waals surface area contributed by atoms with Crippen LogP contribution in [-0.4, -0.2) is 37.5 Å². The topological polar surface area (TPSA) is 76.7 Å². The van der Waals surface area contributed by atoms with E-state index in [-0.39, 0.29) is 0 Å². The summed E-state index contributed by atoms with van der Waals surface area (Å²) in [6.45, 7) is 7.61. The van der Waals surface area contributed by atoms with Crippen LogP contribution in [0.25, 0.3) is 0 Å². The lowest BCUT2D eigenvalue weighted by molar-refractivity contribution is 0.137. The van der Waals surface area contributed by atoms with Crippen molar-refractivity contribution >= 4 is 12.2 Å². The van der Waals surface area contributed by atoms with Gasteiger partial charge in [0.1, 0.15) is 0 Å². The Morgan fingerprint density at radius 1 is 1.00 bits per heavy atom. The molecule has 106 valence electrons. The van der Waals surface area contributed by atoms with Crippen LogP contribution in [0.15, 0.2) is 0 Å². The zero-order valence-electron chi connectivity index (χ0n) is 12.0. The van der Waals surface area contributed by atoms with Crippen molar-refractivity contribution in [3.05, 3.63) is 0 Å². The van der Waals surface area contributed by atoms with Crippen molar-refractivity contribution in [2.24, 2.45) is 0 Å². The number of rotatable bonds is 5. The van der Waals surface area contributed by atoms with Gasteiger partial charge in [-0.1, -0.05) is 6.92 Å². The summed E-state index contributed by atoms with van der Waals surface area (Å²) in [6, 6.07) is 0. The first kappa shape index (κ1) is 16.5. The molecule has 0 aromatic carbocycles. The van der Waals surface area contributed by atoms with Crippen LogP contribution in [0.3, 0.4) is 0 Å². The van der Waals surface area contributed by atoms with Gasteiger partial charge in [0.05, 0.1) is 14.2 Å². The molecule has 1 atom stereocenters. The van der Waals surface area contributed by atoms with Crippen molar-refractivity contribution in [2.45, 2.75) is 51.6 Å². The molecule has 0 bridgehead atoms. The second-order valence-corrected chi connectivity index (χ2v) is 5.21. The highest BCUT2D eigenvalue weighted by atomic mass is 16.5. The fourth-order valence-corrected chi connectivity index (χ4v) is 1.90. The highest BCUT2D eigenvalue weighted by Crippen LogP contribution is 2.23. The zero-order valence-corrected chi connectivity index (χ0v) is 12.0. The molecule has 0 aliphatic rings. The molecule has 0 aromatic heterocycles. The van der Waals surface area contributed by atoms with E-state index in [4.69, 9.17) is 0 Å².